The van der Waals surface area contributed by atoms with Gasteiger partial charge in [0.1, 0.15) is 5.15 Å². The van der Waals surface area contributed by atoms with Crippen molar-refractivity contribution in [2.24, 2.45) is 0 Å². The Morgan fingerprint density at radius 3 is 2.64 bits per heavy atom. The van der Waals surface area contributed by atoms with Crippen molar-refractivity contribution < 1.29 is 8.62 Å². The summed E-state index contributed by atoms with van der Waals surface area (Å²) < 4.78 is 22.0. The summed E-state index contributed by atoms with van der Waals surface area (Å²) in [4.78, 5) is 8.52. The number of fused-ring (bicyclic) bond motifs is 2. The van der Waals surface area contributed by atoms with Gasteiger partial charge in [-0.3, -0.25) is 0 Å². The second-order valence-electron chi connectivity index (χ2n) is 4.86. The van der Waals surface area contributed by atoms with Gasteiger partial charge in [0.05, 0.1) is 7.11 Å². The van der Waals surface area contributed by atoms with Crippen molar-refractivity contribution in [1.82, 2.24) is 18.3 Å². The van der Waals surface area contributed by atoms with Gasteiger partial charge in [0.2, 0.25) is 0 Å². The Balaban J connectivity index is 0.000000880. The van der Waals surface area contributed by atoms with E-state index < -0.39 is 0 Å². The van der Waals surface area contributed by atoms with Gasteiger partial charge in [0.25, 0.3) is 0 Å². The molecule has 0 radical (unpaired) electrons. The number of aromatic nitrogens is 4. The van der Waals surface area contributed by atoms with Crippen LogP contribution >= 0.6 is 23.9 Å². The van der Waals surface area contributed by atoms with Gasteiger partial charge in [-0.25, -0.2) is 13.9 Å². The van der Waals surface area contributed by atoms with E-state index in [2.05, 4.69) is 9.97 Å². The third kappa shape index (κ3) is 2.94. The lowest BCUT2D eigenvalue weighted by molar-refractivity contribution is 0.418. The highest BCUT2D eigenvalue weighted by Crippen LogP contribution is 2.39. The van der Waals surface area contributed by atoms with Crippen LogP contribution < -0.4 is 4.74 Å². The Bertz CT molecular complexity index is 1030. The number of pyridine rings is 2. The lowest BCUT2D eigenvalue weighted by Crippen LogP contribution is -1.93. The molecular formula is C17H16ClFN4OS. The summed E-state index contributed by atoms with van der Waals surface area (Å²) in [5.74, 6) is 0.621. The minimum atomic E-state index is 0.0751. The quantitative estimate of drug-likeness (QED) is 0.446. The first-order chi connectivity index (χ1) is 12.2. The van der Waals surface area contributed by atoms with Crippen molar-refractivity contribution in [1.29, 1.82) is 0 Å². The van der Waals surface area contributed by atoms with Gasteiger partial charge in [-0.15, -0.1) is 3.89 Å². The van der Waals surface area contributed by atoms with Crippen LogP contribution in [0.4, 0.5) is 3.89 Å². The van der Waals surface area contributed by atoms with Gasteiger partial charge in [0, 0.05) is 41.3 Å². The monoisotopic (exact) mass is 378 g/mol. The zero-order valence-electron chi connectivity index (χ0n) is 13.9. The molecule has 0 aliphatic rings. The molecule has 0 fully saturated rings. The maximum atomic E-state index is 13.3. The largest absolute Gasteiger partial charge is 0.492 e. The van der Waals surface area contributed by atoms with Crippen LogP contribution in [-0.4, -0.2) is 25.5 Å². The average molecular weight is 379 g/mol. The standard InChI is InChI=1S/C15H10ClFN4OS.C2H6/c1-22-13-9(4-6-20-7-5-18-15(13)20)11-8-21(23-17)14-10(11)2-3-12(16)19-14;1-2/h2-8H,1H3;1-2H3. The molecule has 0 bridgehead atoms. The van der Waals surface area contributed by atoms with Gasteiger partial charge in [0.15, 0.2) is 29.4 Å². The molecule has 0 aliphatic heterocycles. The lowest BCUT2D eigenvalue weighted by Gasteiger charge is -2.09. The van der Waals surface area contributed by atoms with E-state index in [1.165, 1.54) is 3.97 Å². The van der Waals surface area contributed by atoms with E-state index in [1.807, 2.05) is 42.8 Å². The van der Waals surface area contributed by atoms with Crippen LogP contribution in [0.5, 0.6) is 5.75 Å². The molecule has 25 heavy (non-hydrogen) atoms. The zero-order valence-corrected chi connectivity index (χ0v) is 15.5. The van der Waals surface area contributed by atoms with Gasteiger partial charge in [-0.1, -0.05) is 25.4 Å². The molecule has 0 spiro atoms. The SMILES string of the molecule is CC.COc1c(-c2cn(SF)c3nc(Cl)ccc23)ccn2ccnc12. The van der Waals surface area contributed by atoms with E-state index in [9.17, 15) is 3.89 Å². The summed E-state index contributed by atoms with van der Waals surface area (Å²) in [6.07, 6.45) is 7.10. The van der Waals surface area contributed by atoms with Crippen molar-refractivity contribution in [2.45, 2.75) is 13.8 Å². The molecule has 130 valence electrons. The number of halogens is 2. The second kappa shape index (κ2) is 7.33. The molecule has 0 saturated carbocycles. The smallest absolute Gasteiger partial charge is 0.180 e. The first-order valence-electron chi connectivity index (χ1n) is 7.69. The summed E-state index contributed by atoms with van der Waals surface area (Å²) in [6, 6.07) is 5.41. The first kappa shape index (κ1) is 17.6. The Kier molecular flexibility index (Phi) is 5.15. The molecule has 0 aromatic carbocycles. The highest BCUT2D eigenvalue weighted by molar-refractivity contribution is 7.92. The van der Waals surface area contributed by atoms with Crippen LogP contribution in [0.2, 0.25) is 5.15 Å². The molecule has 5 nitrogen and oxygen atoms in total. The van der Waals surface area contributed by atoms with Crippen LogP contribution in [0, 0.1) is 0 Å². The maximum absolute atomic E-state index is 13.3. The molecular weight excluding hydrogens is 363 g/mol. The number of hydrogen-bond acceptors (Lipinski definition) is 4. The number of methoxy groups -OCH3 is 1. The molecule has 4 aromatic rings. The predicted molar refractivity (Wildman–Crippen MR) is 101 cm³/mol. The van der Waals surface area contributed by atoms with Crippen LogP contribution in [0.25, 0.3) is 27.8 Å². The predicted octanol–water partition coefficient (Wildman–Crippen LogP) is 5.42. The molecule has 0 amide bonds. The Hall–Kier alpha value is -2.25. The third-order valence-electron chi connectivity index (χ3n) is 3.67. The molecule has 0 saturated heterocycles. The van der Waals surface area contributed by atoms with Crippen LogP contribution in [0.15, 0.2) is 43.0 Å². The molecule has 0 aliphatic carbocycles. The number of ether oxygens (including phenoxy) is 1. The molecule has 0 atom stereocenters. The van der Waals surface area contributed by atoms with Crippen molar-refractivity contribution in [3.63, 3.8) is 0 Å². The topological polar surface area (TPSA) is 44.4 Å². The second-order valence-corrected chi connectivity index (χ2v) is 5.78. The molecule has 4 aromatic heterocycles. The number of imidazole rings is 1. The minimum absolute atomic E-state index is 0.0751. The first-order valence-corrected chi connectivity index (χ1v) is 8.75. The van der Waals surface area contributed by atoms with E-state index >= 15 is 0 Å². The molecule has 4 heterocycles. The summed E-state index contributed by atoms with van der Waals surface area (Å²) in [6.45, 7) is 4.00. The van der Waals surface area contributed by atoms with Crippen molar-refractivity contribution >= 4 is 40.6 Å². The normalized spacial score (nSPS) is 10.8. The highest BCUT2D eigenvalue weighted by atomic mass is 35.5. The lowest BCUT2D eigenvalue weighted by atomic mass is 10.1. The summed E-state index contributed by atoms with van der Waals surface area (Å²) in [5, 5.41) is 1.10. The van der Waals surface area contributed by atoms with Crippen molar-refractivity contribution in [3.8, 4) is 16.9 Å². The fourth-order valence-electron chi connectivity index (χ4n) is 2.69. The Morgan fingerprint density at radius 2 is 1.92 bits per heavy atom. The van der Waals surface area contributed by atoms with E-state index in [0.717, 1.165) is 16.5 Å². The van der Waals surface area contributed by atoms with Crippen molar-refractivity contribution in [2.75, 3.05) is 7.11 Å². The Morgan fingerprint density at radius 1 is 1.12 bits per heavy atom. The number of nitrogens with zero attached hydrogens (tertiary/aromatic N) is 4. The zero-order chi connectivity index (χ0) is 18.0. The van der Waals surface area contributed by atoms with Gasteiger partial charge < -0.3 is 9.14 Å². The van der Waals surface area contributed by atoms with E-state index in [4.69, 9.17) is 16.3 Å². The van der Waals surface area contributed by atoms with Crippen LogP contribution in [0.1, 0.15) is 13.8 Å². The van der Waals surface area contributed by atoms with Crippen LogP contribution in [0.3, 0.4) is 0 Å². The fourth-order valence-corrected chi connectivity index (χ4v) is 3.19. The van der Waals surface area contributed by atoms with Crippen molar-refractivity contribution in [3.05, 3.63) is 48.1 Å². The summed E-state index contributed by atoms with van der Waals surface area (Å²) >= 11 is 6.01. The van der Waals surface area contributed by atoms with Gasteiger partial charge in [-0.2, -0.15) is 0 Å². The maximum Gasteiger partial charge on any atom is 0.180 e. The molecule has 4 rings (SSSR count). The average Bonchev–Trinajstić information content (AvgIpc) is 3.26. The summed E-state index contributed by atoms with van der Waals surface area (Å²) in [7, 11) is 1.59. The highest BCUT2D eigenvalue weighted by Gasteiger charge is 2.18. The minimum Gasteiger partial charge on any atom is -0.492 e. The number of rotatable bonds is 3. The molecule has 8 heteroatoms. The van der Waals surface area contributed by atoms with E-state index in [-0.39, 0.29) is 12.3 Å². The fraction of sp³-hybridized carbons (Fsp3) is 0.176. The molecule has 0 N–H and O–H groups in total. The third-order valence-corrected chi connectivity index (χ3v) is 4.31. The summed E-state index contributed by atoms with van der Waals surface area (Å²) in [5.41, 5.74) is 2.77. The molecule has 0 unspecified atom stereocenters. The van der Waals surface area contributed by atoms with E-state index in [1.54, 1.807) is 25.6 Å². The van der Waals surface area contributed by atoms with E-state index in [0.29, 0.717) is 22.2 Å². The van der Waals surface area contributed by atoms with Gasteiger partial charge >= 0.3 is 0 Å². The van der Waals surface area contributed by atoms with Gasteiger partial charge in [-0.05, 0) is 18.2 Å². The van der Waals surface area contributed by atoms with Crippen LogP contribution in [-0.2, 0) is 0 Å². The number of hydrogen-bond donors (Lipinski definition) is 0. The Labute approximate surface area is 153 Å².